The van der Waals surface area contributed by atoms with Crippen molar-refractivity contribution in [1.29, 1.82) is 0 Å². The molecule has 0 spiro atoms. The number of rotatable bonds is 2. The van der Waals surface area contributed by atoms with Gasteiger partial charge < -0.3 is 4.74 Å². The summed E-state index contributed by atoms with van der Waals surface area (Å²) in [6.45, 7) is 0.753. The van der Waals surface area contributed by atoms with E-state index in [2.05, 4.69) is 10.2 Å². The Morgan fingerprint density at radius 1 is 1.44 bits per heavy atom. The Bertz CT molecular complexity index is 529. The van der Waals surface area contributed by atoms with Crippen molar-refractivity contribution in [3.8, 4) is 0 Å². The summed E-state index contributed by atoms with van der Waals surface area (Å²) < 4.78 is 7.33. The van der Waals surface area contributed by atoms with E-state index >= 15 is 0 Å². The molecule has 2 aromatic rings. The normalized spacial score (nSPS) is 20.4. The summed E-state index contributed by atoms with van der Waals surface area (Å²) in [4.78, 5) is 11.0. The zero-order chi connectivity index (χ0) is 11.0. The van der Waals surface area contributed by atoms with Gasteiger partial charge in [-0.1, -0.05) is 6.07 Å². The summed E-state index contributed by atoms with van der Waals surface area (Å²) in [5.41, 5.74) is 1.25. The summed E-state index contributed by atoms with van der Waals surface area (Å²) in [6, 6.07) is 5.38. The molecule has 0 aromatic carbocycles. The number of aldehydes is 1. The summed E-state index contributed by atoms with van der Waals surface area (Å²) in [6.07, 6.45) is 2.75. The maximum atomic E-state index is 11.0. The van der Waals surface area contributed by atoms with Crippen LogP contribution in [0.5, 0.6) is 0 Å². The van der Waals surface area contributed by atoms with Crippen LogP contribution >= 0.6 is 0 Å². The van der Waals surface area contributed by atoms with Gasteiger partial charge >= 0.3 is 0 Å². The zero-order valence-electron chi connectivity index (χ0n) is 8.67. The molecule has 1 fully saturated rings. The maximum absolute atomic E-state index is 11.0. The number of nitrogens with zero attached hydrogens (tertiary/aromatic N) is 3. The van der Waals surface area contributed by atoms with E-state index in [1.54, 1.807) is 16.5 Å². The first-order valence-corrected chi connectivity index (χ1v) is 5.31. The van der Waals surface area contributed by atoms with E-state index in [1.807, 2.05) is 6.07 Å². The predicted octanol–water partition coefficient (Wildman–Crippen LogP) is 1.39. The minimum Gasteiger partial charge on any atom is -0.370 e. The van der Waals surface area contributed by atoms with Crippen molar-refractivity contribution in [3.63, 3.8) is 0 Å². The lowest BCUT2D eigenvalue weighted by molar-refractivity contribution is 0.103. The van der Waals surface area contributed by atoms with Gasteiger partial charge in [0, 0.05) is 6.61 Å². The first kappa shape index (κ1) is 9.47. The van der Waals surface area contributed by atoms with Crippen LogP contribution in [0.3, 0.4) is 0 Å². The zero-order valence-corrected chi connectivity index (χ0v) is 8.67. The molecule has 0 saturated carbocycles. The van der Waals surface area contributed by atoms with Crippen molar-refractivity contribution in [2.45, 2.75) is 18.9 Å². The molecule has 0 bridgehead atoms. The van der Waals surface area contributed by atoms with E-state index in [1.165, 1.54) is 0 Å². The van der Waals surface area contributed by atoms with Crippen LogP contribution in [-0.4, -0.2) is 27.5 Å². The fourth-order valence-corrected chi connectivity index (χ4v) is 2.07. The van der Waals surface area contributed by atoms with Crippen LogP contribution in [0.15, 0.2) is 18.2 Å². The number of carbonyl (C=O) groups excluding carboxylic acids is 1. The van der Waals surface area contributed by atoms with E-state index in [9.17, 15) is 4.79 Å². The molecule has 0 N–H and O–H groups in total. The van der Waals surface area contributed by atoms with Crippen molar-refractivity contribution in [1.82, 2.24) is 14.6 Å². The van der Waals surface area contributed by atoms with Crippen molar-refractivity contribution in [2.24, 2.45) is 0 Å². The molecule has 0 aliphatic carbocycles. The highest BCUT2D eigenvalue weighted by Crippen LogP contribution is 2.27. The predicted molar refractivity (Wildman–Crippen MR) is 56.3 cm³/mol. The minimum absolute atomic E-state index is 0.0314. The monoisotopic (exact) mass is 217 g/mol. The van der Waals surface area contributed by atoms with E-state index in [0.29, 0.717) is 11.3 Å². The standard InChI is InChI=1S/C11H11N3O2/c15-7-8-3-1-5-10-12-13-11(14(8)10)9-4-2-6-16-9/h1,3,5,7,9H,2,4,6H2. The van der Waals surface area contributed by atoms with E-state index in [-0.39, 0.29) is 6.10 Å². The Hall–Kier alpha value is -1.75. The average molecular weight is 217 g/mol. The van der Waals surface area contributed by atoms with Gasteiger partial charge in [0.15, 0.2) is 17.8 Å². The largest absolute Gasteiger partial charge is 0.370 e. The minimum atomic E-state index is -0.0314. The smallest absolute Gasteiger partial charge is 0.167 e. The third-order valence-corrected chi connectivity index (χ3v) is 2.82. The van der Waals surface area contributed by atoms with Crippen LogP contribution in [0.1, 0.15) is 35.3 Å². The second-order valence-corrected chi connectivity index (χ2v) is 3.82. The fourth-order valence-electron chi connectivity index (χ4n) is 2.07. The second-order valence-electron chi connectivity index (χ2n) is 3.82. The molecule has 0 radical (unpaired) electrons. The molecule has 1 atom stereocenters. The van der Waals surface area contributed by atoms with Gasteiger partial charge in [0.25, 0.3) is 0 Å². The molecule has 16 heavy (non-hydrogen) atoms. The summed E-state index contributed by atoms with van der Waals surface area (Å²) >= 11 is 0. The highest BCUT2D eigenvalue weighted by Gasteiger charge is 2.23. The van der Waals surface area contributed by atoms with Crippen molar-refractivity contribution in [3.05, 3.63) is 29.7 Å². The Balaban J connectivity index is 2.20. The van der Waals surface area contributed by atoms with Gasteiger partial charge in [0.2, 0.25) is 0 Å². The molecule has 2 aromatic heterocycles. The summed E-state index contributed by atoms with van der Waals surface area (Å²) in [5.74, 6) is 0.732. The average Bonchev–Trinajstić information content (AvgIpc) is 2.96. The van der Waals surface area contributed by atoms with Crippen molar-refractivity contribution < 1.29 is 9.53 Å². The summed E-state index contributed by atoms with van der Waals surface area (Å²) in [5, 5.41) is 8.16. The maximum Gasteiger partial charge on any atom is 0.167 e. The van der Waals surface area contributed by atoms with Gasteiger partial charge in [-0.15, -0.1) is 10.2 Å². The Labute approximate surface area is 92.1 Å². The summed E-state index contributed by atoms with van der Waals surface area (Å²) in [7, 11) is 0. The number of pyridine rings is 1. The highest BCUT2D eigenvalue weighted by atomic mass is 16.5. The number of hydrogen-bond donors (Lipinski definition) is 0. The van der Waals surface area contributed by atoms with Gasteiger partial charge in [0.05, 0.1) is 5.69 Å². The van der Waals surface area contributed by atoms with E-state index < -0.39 is 0 Å². The molecular weight excluding hydrogens is 206 g/mol. The van der Waals surface area contributed by atoms with Crippen molar-refractivity contribution in [2.75, 3.05) is 6.61 Å². The van der Waals surface area contributed by atoms with Crippen LogP contribution in [-0.2, 0) is 4.74 Å². The van der Waals surface area contributed by atoms with Crippen LogP contribution < -0.4 is 0 Å². The molecule has 5 heteroatoms. The second kappa shape index (κ2) is 3.68. The Kier molecular flexibility index (Phi) is 2.18. The molecule has 1 saturated heterocycles. The van der Waals surface area contributed by atoms with Gasteiger partial charge in [-0.25, -0.2) is 0 Å². The molecular formula is C11H11N3O2. The number of ether oxygens (including phenoxy) is 1. The highest BCUT2D eigenvalue weighted by molar-refractivity contribution is 5.74. The topological polar surface area (TPSA) is 56.5 Å². The van der Waals surface area contributed by atoms with E-state index in [4.69, 9.17) is 4.74 Å². The quantitative estimate of drug-likeness (QED) is 0.713. The molecule has 1 unspecified atom stereocenters. The van der Waals surface area contributed by atoms with Gasteiger partial charge in [-0.2, -0.15) is 0 Å². The van der Waals surface area contributed by atoms with Crippen LogP contribution in [0.25, 0.3) is 5.65 Å². The lowest BCUT2D eigenvalue weighted by Crippen LogP contribution is -2.05. The number of carbonyl (C=O) groups is 1. The number of hydrogen-bond acceptors (Lipinski definition) is 4. The van der Waals surface area contributed by atoms with Gasteiger partial charge in [-0.3, -0.25) is 9.20 Å². The molecule has 3 heterocycles. The van der Waals surface area contributed by atoms with Crippen LogP contribution in [0, 0.1) is 0 Å². The first-order valence-electron chi connectivity index (χ1n) is 5.31. The molecule has 3 rings (SSSR count). The molecule has 82 valence electrons. The van der Waals surface area contributed by atoms with Gasteiger partial charge in [-0.05, 0) is 25.0 Å². The number of aromatic nitrogens is 3. The molecule has 1 aliphatic rings. The molecule has 1 aliphatic heterocycles. The van der Waals surface area contributed by atoms with E-state index in [0.717, 1.165) is 31.6 Å². The lowest BCUT2D eigenvalue weighted by atomic mass is 10.2. The lowest BCUT2D eigenvalue weighted by Gasteiger charge is -2.08. The van der Waals surface area contributed by atoms with Crippen LogP contribution in [0.4, 0.5) is 0 Å². The first-order chi connectivity index (χ1) is 7.90. The van der Waals surface area contributed by atoms with Crippen molar-refractivity contribution >= 4 is 11.9 Å². The SMILES string of the molecule is O=Cc1cccc2nnc(C3CCCO3)n12. The number of fused-ring (bicyclic) bond motifs is 1. The Morgan fingerprint density at radius 2 is 2.38 bits per heavy atom. The van der Waals surface area contributed by atoms with Crippen LogP contribution in [0.2, 0.25) is 0 Å². The molecule has 5 nitrogen and oxygen atoms in total. The third-order valence-electron chi connectivity index (χ3n) is 2.82. The Morgan fingerprint density at radius 3 is 3.12 bits per heavy atom. The molecule has 0 amide bonds. The third kappa shape index (κ3) is 1.32. The van der Waals surface area contributed by atoms with Gasteiger partial charge in [0.1, 0.15) is 6.10 Å². The fraction of sp³-hybridized carbons (Fsp3) is 0.364.